The molecule has 43 heavy (non-hydrogen) atoms. The van der Waals surface area contributed by atoms with Gasteiger partial charge in [-0.2, -0.15) is 13.2 Å². The molecule has 224 valence electrons. The molecule has 1 heterocycles. The minimum Gasteiger partial charge on any atom is -0.466 e. The van der Waals surface area contributed by atoms with Crippen LogP contribution >= 0.6 is 0 Å². The monoisotopic (exact) mass is 592 g/mol. The average molecular weight is 593 g/mol. The smallest absolute Gasteiger partial charge is 0.416 e. The molecule has 1 aromatic heterocycles. The van der Waals surface area contributed by atoms with Gasteiger partial charge in [0.1, 0.15) is 17.5 Å². The van der Waals surface area contributed by atoms with Gasteiger partial charge in [-0.05, 0) is 68.0 Å². The van der Waals surface area contributed by atoms with E-state index in [4.69, 9.17) is 14.0 Å². The van der Waals surface area contributed by atoms with Gasteiger partial charge in [0.25, 0.3) is 0 Å². The maximum absolute atomic E-state index is 13.1. The van der Waals surface area contributed by atoms with Crippen LogP contribution in [0.4, 0.5) is 23.7 Å². The maximum Gasteiger partial charge on any atom is 0.416 e. The Morgan fingerprint density at radius 3 is 2.23 bits per heavy atom. The number of aromatic nitrogens is 1. The summed E-state index contributed by atoms with van der Waals surface area (Å²) in [6.45, 7) is 5.33. The largest absolute Gasteiger partial charge is 0.466 e. The van der Waals surface area contributed by atoms with Gasteiger partial charge in [-0.3, -0.25) is 10.1 Å². The number of benzene rings is 3. The summed E-state index contributed by atoms with van der Waals surface area (Å²) in [5.41, 5.74) is 3.72. The van der Waals surface area contributed by atoms with E-state index in [2.05, 4.69) is 22.6 Å². The van der Waals surface area contributed by atoms with E-state index in [1.807, 2.05) is 36.4 Å². The molecule has 1 N–H and O–H groups in total. The molecule has 0 saturated heterocycles. The lowest BCUT2D eigenvalue weighted by Crippen LogP contribution is -2.17. The number of nitrogens with zero attached hydrogens (tertiary/aromatic N) is 1. The van der Waals surface area contributed by atoms with E-state index in [1.54, 1.807) is 13.8 Å². The molecule has 7 nitrogen and oxygen atoms in total. The van der Waals surface area contributed by atoms with Crippen LogP contribution in [0, 0.1) is 6.92 Å². The third-order valence-corrected chi connectivity index (χ3v) is 7.68. The molecule has 0 aliphatic heterocycles. The van der Waals surface area contributed by atoms with Crippen LogP contribution in [0.1, 0.15) is 61.6 Å². The fourth-order valence-corrected chi connectivity index (χ4v) is 5.08. The third-order valence-electron chi connectivity index (χ3n) is 7.68. The van der Waals surface area contributed by atoms with Gasteiger partial charge in [0.15, 0.2) is 5.76 Å². The lowest BCUT2D eigenvalue weighted by Gasteiger charge is -2.16. The molecule has 4 aromatic rings. The summed E-state index contributed by atoms with van der Waals surface area (Å²) in [5, 5.41) is 6.59. The number of carbonyl (C=O) groups excluding carboxylic acids is 2. The molecule has 1 aliphatic carbocycles. The minimum absolute atomic E-state index is 0.131. The molecule has 5 rings (SSSR count). The van der Waals surface area contributed by atoms with Gasteiger partial charge < -0.3 is 14.0 Å². The average Bonchev–Trinajstić information content (AvgIpc) is 3.68. The molecule has 1 fully saturated rings. The van der Waals surface area contributed by atoms with Crippen molar-refractivity contribution in [3.05, 3.63) is 95.2 Å². The highest BCUT2D eigenvalue weighted by Crippen LogP contribution is 2.51. The summed E-state index contributed by atoms with van der Waals surface area (Å²) in [5.74, 6) is 0.146. The predicted molar refractivity (Wildman–Crippen MR) is 154 cm³/mol. The third kappa shape index (κ3) is 6.74. The highest BCUT2D eigenvalue weighted by atomic mass is 19.4. The summed E-state index contributed by atoms with van der Waals surface area (Å²) in [6.07, 6.45) is -3.98. The van der Waals surface area contributed by atoms with Gasteiger partial charge in [0, 0.05) is 11.0 Å². The van der Waals surface area contributed by atoms with Crippen LogP contribution in [0.15, 0.2) is 77.3 Å². The Morgan fingerprint density at radius 1 is 1.00 bits per heavy atom. The lowest BCUT2D eigenvalue weighted by atomic mass is 9.91. The first kappa shape index (κ1) is 29.9. The van der Waals surface area contributed by atoms with Crippen molar-refractivity contribution >= 4 is 17.7 Å². The Hall–Kier alpha value is -4.60. The highest BCUT2D eigenvalue weighted by Gasteiger charge is 2.46. The summed E-state index contributed by atoms with van der Waals surface area (Å²) in [4.78, 5) is 24.7. The Bertz CT molecular complexity index is 1610. The number of rotatable bonds is 9. The highest BCUT2D eigenvalue weighted by molar-refractivity contribution is 5.91. The summed E-state index contributed by atoms with van der Waals surface area (Å²) >= 11 is 0. The second-order valence-corrected chi connectivity index (χ2v) is 10.7. The minimum atomic E-state index is -4.50. The van der Waals surface area contributed by atoms with Crippen LogP contribution in [-0.4, -0.2) is 23.8 Å². The van der Waals surface area contributed by atoms with E-state index in [0.29, 0.717) is 35.7 Å². The summed E-state index contributed by atoms with van der Waals surface area (Å²) in [7, 11) is 0. The fraction of sp³-hybridized carbons (Fsp3) is 0.303. The van der Waals surface area contributed by atoms with Crippen LogP contribution in [0.25, 0.3) is 22.5 Å². The zero-order chi connectivity index (χ0) is 30.8. The summed E-state index contributed by atoms with van der Waals surface area (Å²) in [6, 6.07) is 20.4. The van der Waals surface area contributed by atoms with Crippen molar-refractivity contribution in [1.29, 1.82) is 0 Å². The number of aryl methyl sites for hydroxylation is 1. The Balaban J connectivity index is 1.26. The van der Waals surface area contributed by atoms with E-state index < -0.39 is 23.9 Å². The molecule has 10 heteroatoms. The van der Waals surface area contributed by atoms with Crippen LogP contribution in [0.3, 0.4) is 0 Å². The number of nitrogens with one attached hydrogen (secondary N) is 1. The first-order valence-electron chi connectivity index (χ1n) is 14.0. The zero-order valence-electron chi connectivity index (χ0n) is 24.0. The molecular formula is C33H31F3N2O5. The zero-order valence-corrected chi connectivity index (χ0v) is 24.0. The normalized spacial score (nSPS) is 14.6. The number of alkyl halides is 3. The standard InChI is InChI=1S/C33H31F3N2O5/c1-4-41-28(39)19-32(16-17-32)26-14-12-23(13-15-26)22-8-10-24(11-9-22)30-29(20(2)38-43-30)37-31(40)42-21(3)25-6-5-7-27(18-25)33(34,35)36/h5-15,18,21H,4,16-17,19H2,1-3H3,(H,37,40). The van der Waals surface area contributed by atoms with Crippen molar-refractivity contribution in [2.45, 2.75) is 57.7 Å². The molecule has 0 spiro atoms. The van der Waals surface area contributed by atoms with Crippen molar-refractivity contribution in [2.75, 3.05) is 11.9 Å². The number of hydrogen-bond donors (Lipinski definition) is 1. The Kier molecular flexibility index (Phi) is 8.30. The number of amides is 1. The van der Waals surface area contributed by atoms with Crippen LogP contribution < -0.4 is 5.32 Å². The Morgan fingerprint density at radius 2 is 1.63 bits per heavy atom. The van der Waals surface area contributed by atoms with Gasteiger partial charge in [0.2, 0.25) is 0 Å². The van der Waals surface area contributed by atoms with Crippen LogP contribution in [0.5, 0.6) is 0 Å². The van der Waals surface area contributed by atoms with E-state index in [9.17, 15) is 22.8 Å². The Labute approximate surface area is 247 Å². The molecular weight excluding hydrogens is 561 g/mol. The second kappa shape index (κ2) is 11.9. The summed E-state index contributed by atoms with van der Waals surface area (Å²) < 4.78 is 55.3. The van der Waals surface area contributed by atoms with Crippen molar-refractivity contribution in [3.63, 3.8) is 0 Å². The predicted octanol–water partition coefficient (Wildman–Crippen LogP) is 8.63. The van der Waals surface area contributed by atoms with E-state index in [0.717, 1.165) is 41.7 Å². The number of halogens is 3. The van der Waals surface area contributed by atoms with Crippen molar-refractivity contribution in [1.82, 2.24) is 5.16 Å². The van der Waals surface area contributed by atoms with Crippen molar-refractivity contribution in [3.8, 4) is 22.5 Å². The lowest BCUT2D eigenvalue weighted by molar-refractivity contribution is -0.143. The molecule has 1 aliphatic rings. The second-order valence-electron chi connectivity index (χ2n) is 10.7. The molecule has 1 amide bonds. The number of esters is 1. The van der Waals surface area contributed by atoms with Crippen molar-refractivity contribution < 1.29 is 36.8 Å². The van der Waals surface area contributed by atoms with Gasteiger partial charge in [-0.25, -0.2) is 4.79 Å². The number of carbonyl (C=O) groups is 2. The molecule has 1 saturated carbocycles. The fourth-order valence-electron chi connectivity index (χ4n) is 5.08. The first-order chi connectivity index (χ1) is 20.5. The molecule has 0 radical (unpaired) electrons. The van der Waals surface area contributed by atoms with Gasteiger partial charge in [-0.15, -0.1) is 0 Å². The topological polar surface area (TPSA) is 90.7 Å². The van der Waals surface area contributed by atoms with Gasteiger partial charge >= 0.3 is 18.2 Å². The quantitative estimate of drug-likeness (QED) is 0.196. The number of ether oxygens (including phenoxy) is 2. The van der Waals surface area contributed by atoms with Gasteiger partial charge in [-0.1, -0.05) is 65.8 Å². The first-order valence-corrected chi connectivity index (χ1v) is 14.0. The van der Waals surface area contributed by atoms with Crippen LogP contribution in [-0.2, 0) is 25.9 Å². The van der Waals surface area contributed by atoms with Crippen molar-refractivity contribution in [2.24, 2.45) is 0 Å². The van der Waals surface area contributed by atoms with E-state index >= 15 is 0 Å². The van der Waals surface area contributed by atoms with Crippen LogP contribution in [0.2, 0.25) is 0 Å². The number of anilines is 1. The molecule has 3 aromatic carbocycles. The molecule has 1 atom stereocenters. The van der Waals surface area contributed by atoms with E-state index in [-0.39, 0.29) is 16.9 Å². The SMILES string of the molecule is CCOC(=O)CC1(c2ccc(-c3ccc(-c4onc(C)c4NC(=O)OC(C)c4cccc(C(F)(F)F)c4)cc3)cc2)CC1. The molecule has 1 unspecified atom stereocenters. The van der Waals surface area contributed by atoms with Gasteiger partial charge in [0.05, 0.1) is 18.6 Å². The molecule has 0 bridgehead atoms. The maximum atomic E-state index is 13.1. The van der Waals surface area contributed by atoms with E-state index in [1.165, 1.54) is 19.1 Å². The number of hydrogen-bond acceptors (Lipinski definition) is 6.